The predicted octanol–water partition coefficient (Wildman–Crippen LogP) is 4.16. The van der Waals surface area contributed by atoms with Crippen LogP contribution in [0.25, 0.3) is 0 Å². The van der Waals surface area contributed by atoms with Crippen molar-refractivity contribution in [3.05, 3.63) is 83.7 Å². The SMILES string of the molecule is CCN(Cc1ccccc1)C(=O)c1ccnc(Nc2ccc(F)c(F)c2)n1. The molecule has 0 radical (unpaired) electrons. The third kappa shape index (κ3) is 4.63. The second-order valence-corrected chi connectivity index (χ2v) is 5.82. The molecule has 5 nitrogen and oxygen atoms in total. The van der Waals surface area contributed by atoms with Crippen LogP contribution in [0.1, 0.15) is 23.0 Å². The van der Waals surface area contributed by atoms with E-state index in [1.165, 1.54) is 18.3 Å². The number of carbonyl (C=O) groups is 1. The van der Waals surface area contributed by atoms with E-state index in [4.69, 9.17) is 0 Å². The molecule has 2 aromatic carbocycles. The van der Waals surface area contributed by atoms with Crippen LogP contribution in [-0.4, -0.2) is 27.3 Å². The standard InChI is InChI=1S/C20H18F2N4O/c1-2-26(13-14-6-4-3-5-7-14)19(27)18-10-11-23-20(25-18)24-15-8-9-16(21)17(22)12-15/h3-12H,2,13H2,1H3,(H,23,24,25). The summed E-state index contributed by atoms with van der Waals surface area (Å²) < 4.78 is 26.4. The van der Waals surface area contributed by atoms with Crippen LogP contribution in [-0.2, 0) is 6.54 Å². The largest absolute Gasteiger partial charge is 0.333 e. The molecule has 0 saturated carbocycles. The molecule has 3 aromatic rings. The molecule has 0 aliphatic carbocycles. The summed E-state index contributed by atoms with van der Waals surface area (Å²) in [5.74, 6) is -2.03. The summed E-state index contributed by atoms with van der Waals surface area (Å²) in [6.07, 6.45) is 1.44. The van der Waals surface area contributed by atoms with Crippen LogP contribution in [0, 0.1) is 11.6 Å². The van der Waals surface area contributed by atoms with Crippen LogP contribution < -0.4 is 5.32 Å². The molecule has 0 unspecified atom stereocenters. The fraction of sp³-hybridized carbons (Fsp3) is 0.150. The van der Waals surface area contributed by atoms with Gasteiger partial charge in [0.2, 0.25) is 5.95 Å². The maximum atomic E-state index is 13.3. The molecule has 0 spiro atoms. The highest BCUT2D eigenvalue weighted by molar-refractivity contribution is 5.92. The van der Waals surface area contributed by atoms with Gasteiger partial charge in [-0.25, -0.2) is 18.7 Å². The van der Waals surface area contributed by atoms with Crippen molar-refractivity contribution >= 4 is 17.5 Å². The molecule has 0 fully saturated rings. The van der Waals surface area contributed by atoms with Crippen molar-refractivity contribution in [2.45, 2.75) is 13.5 Å². The summed E-state index contributed by atoms with van der Waals surface area (Å²) in [5, 5.41) is 2.77. The summed E-state index contributed by atoms with van der Waals surface area (Å²) >= 11 is 0. The van der Waals surface area contributed by atoms with Crippen LogP contribution in [0.3, 0.4) is 0 Å². The first-order chi connectivity index (χ1) is 13.1. The first kappa shape index (κ1) is 18.4. The van der Waals surface area contributed by atoms with Gasteiger partial charge in [-0.05, 0) is 30.7 Å². The second kappa shape index (κ2) is 8.35. The zero-order valence-corrected chi connectivity index (χ0v) is 14.7. The smallest absolute Gasteiger partial charge is 0.272 e. The van der Waals surface area contributed by atoms with E-state index >= 15 is 0 Å². The zero-order chi connectivity index (χ0) is 19.2. The average Bonchev–Trinajstić information content (AvgIpc) is 2.69. The molecule has 0 bridgehead atoms. The minimum atomic E-state index is -0.979. The molecular formula is C20H18F2N4O. The van der Waals surface area contributed by atoms with Gasteiger partial charge in [-0.3, -0.25) is 4.79 Å². The van der Waals surface area contributed by atoms with Crippen LogP contribution in [0.5, 0.6) is 0 Å². The van der Waals surface area contributed by atoms with Crippen LogP contribution in [0.2, 0.25) is 0 Å². The van der Waals surface area contributed by atoms with Gasteiger partial charge in [0, 0.05) is 31.0 Å². The van der Waals surface area contributed by atoms with Gasteiger partial charge in [0.15, 0.2) is 11.6 Å². The van der Waals surface area contributed by atoms with Gasteiger partial charge < -0.3 is 10.2 Å². The van der Waals surface area contributed by atoms with Crippen molar-refractivity contribution in [1.29, 1.82) is 0 Å². The minimum absolute atomic E-state index is 0.127. The lowest BCUT2D eigenvalue weighted by atomic mass is 10.2. The van der Waals surface area contributed by atoms with Crippen molar-refractivity contribution in [1.82, 2.24) is 14.9 Å². The zero-order valence-electron chi connectivity index (χ0n) is 14.7. The minimum Gasteiger partial charge on any atom is -0.333 e. The Hall–Kier alpha value is -3.35. The fourth-order valence-electron chi connectivity index (χ4n) is 2.53. The van der Waals surface area contributed by atoms with E-state index in [1.807, 2.05) is 37.3 Å². The van der Waals surface area contributed by atoms with Crippen LogP contribution in [0.4, 0.5) is 20.4 Å². The highest BCUT2D eigenvalue weighted by Gasteiger charge is 2.17. The van der Waals surface area contributed by atoms with Crippen molar-refractivity contribution < 1.29 is 13.6 Å². The molecule has 0 saturated heterocycles. The van der Waals surface area contributed by atoms with E-state index in [0.717, 1.165) is 17.7 Å². The van der Waals surface area contributed by atoms with E-state index < -0.39 is 11.6 Å². The number of nitrogens with zero attached hydrogens (tertiary/aromatic N) is 3. The fourth-order valence-corrected chi connectivity index (χ4v) is 2.53. The highest BCUT2D eigenvalue weighted by Crippen LogP contribution is 2.17. The third-order valence-electron chi connectivity index (χ3n) is 3.94. The first-order valence-corrected chi connectivity index (χ1v) is 8.45. The molecule has 1 heterocycles. The number of hydrogen-bond donors (Lipinski definition) is 1. The Bertz CT molecular complexity index is 934. The Labute approximate surface area is 155 Å². The Morgan fingerprint density at radius 3 is 2.56 bits per heavy atom. The van der Waals surface area contributed by atoms with Crippen molar-refractivity contribution in [3.8, 4) is 0 Å². The molecule has 138 valence electrons. The van der Waals surface area contributed by atoms with Crippen molar-refractivity contribution in [2.75, 3.05) is 11.9 Å². The van der Waals surface area contributed by atoms with Crippen LogP contribution in [0.15, 0.2) is 60.8 Å². The second-order valence-electron chi connectivity index (χ2n) is 5.82. The lowest BCUT2D eigenvalue weighted by Gasteiger charge is -2.20. The summed E-state index contributed by atoms with van der Waals surface area (Å²) in [7, 11) is 0. The Morgan fingerprint density at radius 1 is 1.07 bits per heavy atom. The lowest BCUT2D eigenvalue weighted by Crippen LogP contribution is -2.31. The number of rotatable bonds is 6. The monoisotopic (exact) mass is 368 g/mol. The van der Waals surface area contributed by atoms with E-state index in [9.17, 15) is 13.6 Å². The van der Waals surface area contributed by atoms with Gasteiger partial charge in [0.25, 0.3) is 5.91 Å². The van der Waals surface area contributed by atoms with Crippen molar-refractivity contribution in [3.63, 3.8) is 0 Å². The summed E-state index contributed by atoms with van der Waals surface area (Å²) in [6, 6.07) is 14.5. The van der Waals surface area contributed by atoms with E-state index in [0.29, 0.717) is 13.1 Å². The normalized spacial score (nSPS) is 10.5. The highest BCUT2D eigenvalue weighted by atomic mass is 19.2. The maximum absolute atomic E-state index is 13.3. The quantitative estimate of drug-likeness (QED) is 0.710. The maximum Gasteiger partial charge on any atom is 0.272 e. The molecule has 0 atom stereocenters. The van der Waals surface area contributed by atoms with E-state index in [1.54, 1.807) is 4.90 Å². The molecule has 7 heteroatoms. The van der Waals surface area contributed by atoms with Crippen LogP contribution >= 0.6 is 0 Å². The molecule has 27 heavy (non-hydrogen) atoms. The number of aromatic nitrogens is 2. The van der Waals surface area contributed by atoms with Gasteiger partial charge in [-0.2, -0.15) is 0 Å². The molecule has 1 N–H and O–H groups in total. The van der Waals surface area contributed by atoms with Gasteiger partial charge in [0.1, 0.15) is 5.69 Å². The number of benzene rings is 2. The first-order valence-electron chi connectivity index (χ1n) is 8.45. The summed E-state index contributed by atoms with van der Waals surface area (Å²) in [6.45, 7) is 2.87. The molecule has 3 rings (SSSR count). The average molecular weight is 368 g/mol. The topological polar surface area (TPSA) is 58.1 Å². The van der Waals surface area contributed by atoms with E-state index in [-0.39, 0.29) is 23.2 Å². The Balaban J connectivity index is 1.76. The van der Waals surface area contributed by atoms with Gasteiger partial charge >= 0.3 is 0 Å². The Morgan fingerprint density at radius 2 is 1.85 bits per heavy atom. The van der Waals surface area contributed by atoms with Crippen molar-refractivity contribution in [2.24, 2.45) is 0 Å². The number of carbonyl (C=O) groups excluding carboxylic acids is 1. The molecule has 0 aliphatic rings. The molecular weight excluding hydrogens is 350 g/mol. The lowest BCUT2D eigenvalue weighted by molar-refractivity contribution is 0.0746. The molecule has 1 amide bonds. The van der Waals surface area contributed by atoms with Gasteiger partial charge in [-0.15, -0.1) is 0 Å². The van der Waals surface area contributed by atoms with Gasteiger partial charge in [0.05, 0.1) is 0 Å². The number of nitrogens with one attached hydrogen (secondary N) is 1. The summed E-state index contributed by atoms with van der Waals surface area (Å²) in [4.78, 5) is 22.7. The number of anilines is 2. The van der Waals surface area contributed by atoms with Gasteiger partial charge in [-0.1, -0.05) is 30.3 Å². The number of amides is 1. The molecule has 1 aromatic heterocycles. The number of hydrogen-bond acceptors (Lipinski definition) is 4. The third-order valence-corrected chi connectivity index (χ3v) is 3.94. The predicted molar refractivity (Wildman–Crippen MR) is 98.5 cm³/mol. The summed E-state index contributed by atoms with van der Waals surface area (Å²) in [5.41, 5.74) is 1.52. The molecule has 0 aliphatic heterocycles. The van der Waals surface area contributed by atoms with E-state index in [2.05, 4.69) is 15.3 Å². The Kier molecular flexibility index (Phi) is 5.71. The number of halogens is 2.